The first-order chi connectivity index (χ1) is 24.8. The van der Waals surface area contributed by atoms with Gasteiger partial charge in [-0.05, 0) is 76.3 Å². The lowest BCUT2D eigenvalue weighted by molar-refractivity contribution is 0.654. The van der Waals surface area contributed by atoms with Gasteiger partial charge in [0.1, 0.15) is 0 Å². The van der Waals surface area contributed by atoms with Gasteiger partial charge in [0.2, 0.25) is 0 Å². The number of para-hydroxylation sites is 3. The summed E-state index contributed by atoms with van der Waals surface area (Å²) in [6.07, 6.45) is 3.50. The number of hydrogen-bond acceptors (Lipinski definition) is 1. The number of aliphatic imine (C=N–C) groups is 1. The van der Waals surface area contributed by atoms with E-state index < -0.39 is 6.29 Å². The lowest BCUT2D eigenvalue weighted by Gasteiger charge is -2.33. The first kappa shape index (κ1) is 28.4. The highest BCUT2D eigenvalue weighted by atomic mass is 15.3. The van der Waals surface area contributed by atoms with Gasteiger partial charge in [0.15, 0.2) is 0 Å². The van der Waals surface area contributed by atoms with Crippen molar-refractivity contribution in [2.75, 3.05) is 0 Å². The Bertz CT molecular complexity index is 2770. The molecule has 7 aromatic carbocycles. The summed E-state index contributed by atoms with van der Waals surface area (Å²) in [5, 5.41) is 9.76. The van der Waals surface area contributed by atoms with Crippen LogP contribution in [0.5, 0.6) is 0 Å². The highest BCUT2D eigenvalue weighted by molar-refractivity contribution is 6.13. The van der Waals surface area contributed by atoms with Gasteiger partial charge in [-0.3, -0.25) is 4.99 Å². The van der Waals surface area contributed by atoms with Crippen LogP contribution in [0.4, 0.5) is 0 Å². The van der Waals surface area contributed by atoms with E-state index in [1.54, 1.807) is 0 Å². The van der Waals surface area contributed by atoms with Crippen LogP contribution in [0.25, 0.3) is 76.9 Å². The third kappa shape index (κ3) is 4.57. The molecule has 1 atom stereocenters. The quantitative estimate of drug-likeness (QED) is 0.180. The molecule has 0 N–H and O–H groups in total. The third-order valence-corrected chi connectivity index (χ3v) is 9.96. The largest absolute Gasteiger partial charge is 0.652 e. The maximum absolute atomic E-state index is 5.19. The summed E-state index contributed by atoms with van der Waals surface area (Å²) in [6.45, 7) is 0. The summed E-state index contributed by atoms with van der Waals surface area (Å²) in [4.78, 5) is 5.19. The van der Waals surface area contributed by atoms with Gasteiger partial charge in [-0.25, -0.2) is 0 Å². The van der Waals surface area contributed by atoms with E-state index in [0.29, 0.717) is 0 Å². The fraction of sp³-hybridized carbons (Fsp3) is 0.0217. The molecule has 0 bridgehead atoms. The van der Waals surface area contributed by atoms with Crippen LogP contribution in [0.15, 0.2) is 187 Å². The molecular weight excluding hydrogens is 609 g/mol. The first-order valence-electron chi connectivity index (χ1n) is 17.0. The van der Waals surface area contributed by atoms with E-state index in [2.05, 4.69) is 173 Å². The molecule has 0 spiro atoms. The van der Waals surface area contributed by atoms with Gasteiger partial charge in [0.05, 0.1) is 23.0 Å². The molecule has 236 valence electrons. The van der Waals surface area contributed by atoms with Crippen LogP contribution in [-0.2, 0) is 0 Å². The predicted molar refractivity (Wildman–Crippen MR) is 209 cm³/mol. The molecule has 2 aromatic heterocycles. The lowest BCUT2D eigenvalue weighted by atomic mass is 10.0. The zero-order valence-corrected chi connectivity index (χ0v) is 27.2. The van der Waals surface area contributed by atoms with Gasteiger partial charge in [-0.15, -0.1) is 0 Å². The molecule has 0 fully saturated rings. The topological polar surface area (TPSA) is 36.3 Å². The predicted octanol–water partition coefficient (Wildman–Crippen LogP) is 12.1. The average molecular weight is 640 g/mol. The standard InChI is InChI=1S/C46H31N4/c1-3-11-31(12-4-1)32-19-21-33(22-20-32)41-27-28-47-46(48-41)50-43-18-10-8-16-38(43)40-30-35(24-26-45(40)50)34-23-25-44-39(29-34)37-15-7-9-17-42(37)49(44)36-13-5-2-6-14-36/h1-30,46H/q-1. The van der Waals surface area contributed by atoms with E-state index >= 15 is 0 Å². The number of hydrogen-bond donors (Lipinski definition) is 0. The molecule has 1 unspecified atom stereocenters. The molecule has 0 radical (unpaired) electrons. The van der Waals surface area contributed by atoms with Crippen molar-refractivity contribution in [3.8, 4) is 27.9 Å². The van der Waals surface area contributed by atoms with Crippen molar-refractivity contribution in [3.05, 3.63) is 193 Å². The molecule has 0 saturated carbocycles. The Kier molecular flexibility index (Phi) is 6.53. The molecule has 0 amide bonds. The van der Waals surface area contributed by atoms with Gasteiger partial charge in [-0.1, -0.05) is 127 Å². The molecule has 10 rings (SSSR count). The van der Waals surface area contributed by atoms with Gasteiger partial charge < -0.3 is 14.5 Å². The summed E-state index contributed by atoms with van der Waals surface area (Å²) in [5.74, 6) is 0. The van der Waals surface area contributed by atoms with Crippen molar-refractivity contribution >= 4 is 49.3 Å². The summed E-state index contributed by atoms with van der Waals surface area (Å²) >= 11 is 0. The Morgan fingerprint density at radius 2 is 0.920 bits per heavy atom. The fourth-order valence-electron chi connectivity index (χ4n) is 7.59. The summed E-state index contributed by atoms with van der Waals surface area (Å²) in [7, 11) is 0. The van der Waals surface area contributed by atoms with E-state index in [9.17, 15) is 0 Å². The van der Waals surface area contributed by atoms with E-state index in [1.807, 2.05) is 18.3 Å². The van der Waals surface area contributed by atoms with Gasteiger partial charge >= 0.3 is 0 Å². The Hall–Kier alpha value is -6.65. The number of allylic oxidation sites excluding steroid dienone is 1. The second kappa shape index (κ2) is 11.5. The normalized spacial score (nSPS) is 14.4. The number of nitrogens with zero attached hydrogens (tertiary/aromatic N) is 4. The number of benzene rings is 7. The number of aromatic nitrogens is 2. The zero-order valence-electron chi connectivity index (χ0n) is 27.2. The maximum atomic E-state index is 5.19. The van der Waals surface area contributed by atoms with Crippen molar-refractivity contribution < 1.29 is 0 Å². The van der Waals surface area contributed by atoms with Crippen molar-refractivity contribution in [2.45, 2.75) is 6.29 Å². The SMILES string of the molecule is C1=CC(c2ccc(-c3ccccc3)cc2)=NC(n2c3ccccc3c3cc(-c4ccc5c(c4)c4ccccc4n5-c4ccccc4)ccc32)[N-]1. The third-order valence-electron chi connectivity index (χ3n) is 9.96. The number of fused-ring (bicyclic) bond motifs is 6. The lowest BCUT2D eigenvalue weighted by Crippen LogP contribution is -2.11. The summed E-state index contributed by atoms with van der Waals surface area (Å²) in [5.41, 5.74) is 12.6. The summed E-state index contributed by atoms with van der Waals surface area (Å²) in [6, 6.07) is 60.7. The van der Waals surface area contributed by atoms with Crippen LogP contribution in [-0.4, -0.2) is 14.8 Å². The van der Waals surface area contributed by atoms with Gasteiger partial charge in [0.25, 0.3) is 0 Å². The van der Waals surface area contributed by atoms with Gasteiger partial charge in [0, 0.05) is 38.3 Å². The molecule has 9 aromatic rings. The van der Waals surface area contributed by atoms with Gasteiger partial charge in [-0.2, -0.15) is 6.20 Å². The molecule has 0 aliphatic carbocycles. The van der Waals surface area contributed by atoms with E-state index in [0.717, 1.165) is 22.3 Å². The van der Waals surface area contributed by atoms with Crippen LogP contribution in [0.3, 0.4) is 0 Å². The smallest absolute Gasteiger partial charge is 0.0635 e. The second-order valence-electron chi connectivity index (χ2n) is 12.8. The zero-order chi connectivity index (χ0) is 33.0. The molecular formula is C46H31N4-. The summed E-state index contributed by atoms with van der Waals surface area (Å²) < 4.78 is 4.63. The Balaban J connectivity index is 1.06. The fourth-order valence-corrected chi connectivity index (χ4v) is 7.59. The molecule has 1 aliphatic rings. The maximum Gasteiger partial charge on any atom is 0.0635 e. The molecule has 50 heavy (non-hydrogen) atoms. The number of rotatable bonds is 5. The minimum Gasteiger partial charge on any atom is -0.652 e. The molecule has 1 aliphatic heterocycles. The van der Waals surface area contributed by atoms with E-state index in [-0.39, 0.29) is 0 Å². The monoisotopic (exact) mass is 639 g/mol. The minimum absolute atomic E-state index is 0.405. The molecule has 3 heterocycles. The second-order valence-corrected chi connectivity index (χ2v) is 12.8. The highest BCUT2D eigenvalue weighted by Crippen LogP contribution is 2.39. The average Bonchev–Trinajstić information content (AvgIpc) is 3.71. The Morgan fingerprint density at radius 1 is 0.420 bits per heavy atom. The van der Waals surface area contributed by atoms with Crippen molar-refractivity contribution in [1.29, 1.82) is 0 Å². The van der Waals surface area contributed by atoms with Crippen molar-refractivity contribution in [1.82, 2.24) is 9.13 Å². The van der Waals surface area contributed by atoms with Crippen molar-refractivity contribution in [2.24, 2.45) is 4.99 Å². The van der Waals surface area contributed by atoms with Crippen LogP contribution in [0.1, 0.15) is 11.9 Å². The van der Waals surface area contributed by atoms with Crippen LogP contribution >= 0.6 is 0 Å². The first-order valence-corrected chi connectivity index (χ1v) is 17.0. The van der Waals surface area contributed by atoms with Crippen LogP contribution < -0.4 is 0 Å². The Labute approximate surface area is 289 Å². The minimum atomic E-state index is -0.405. The van der Waals surface area contributed by atoms with E-state index in [1.165, 1.54) is 60.5 Å². The van der Waals surface area contributed by atoms with E-state index in [4.69, 9.17) is 10.3 Å². The molecule has 0 saturated heterocycles. The molecule has 4 nitrogen and oxygen atoms in total. The van der Waals surface area contributed by atoms with Crippen molar-refractivity contribution in [3.63, 3.8) is 0 Å². The van der Waals surface area contributed by atoms with Crippen LogP contribution in [0, 0.1) is 0 Å². The highest BCUT2D eigenvalue weighted by Gasteiger charge is 2.17. The van der Waals surface area contributed by atoms with Crippen LogP contribution in [0.2, 0.25) is 0 Å². The molecule has 4 heteroatoms. The Morgan fingerprint density at radius 3 is 1.66 bits per heavy atom.